The van der Waals surface area contributed by atoms with Crippen LogP contribution in [0.5, 0.6) is 5.88 Å². The van der Waals surface area contributed by atoms with Crippen LogP contribution < -0.4 is 0 Å². The average Bonchev–Trinajstić information content (AvgIpc) is 2.99. The van der Waals surface area contributed by atoms with Crippen molar-refractivity contribution in [1.82, 2.24) is 9.97 Å². The third kappa shape index (κ3) is 2.06. The highest BCUT2D eigenvalue weighted by Gasteiger charge is 2.46. The van der Waals surface area contributed by atoms with E-state index >= 15 is 0 Å². The van der Waals surface area contributed by atoms with E-state index < -0.39 is 0 Å². The summed E-state index contributed by atoms with van der Waals surface area (Å²) in [4.78, 5) is 19.1. The smallest absolute Gasteiger partial charge is 0.309 e. The number of carbonyl (C=O) groups excluding carboxylic acids is 1. The quantitative estimate of drug-likeness (QED) is 0.745. The lowest BCUT2D eigenvalue weighted by atomic mass is 10.2. The van der Waals surface area contributed by atoms with Gasteiger partial charge in [0.2, 0.25) is 5.88 Å². The summed E-state index contributed by atoms with van der Waals surface area (Å²) >= 11 is 0. The first kappa shape index (κ1) is 9.89. The van der Waals surface area contributed by atoms with Gasteiger partial charge in [-0.25, -0.2) is 4.98 Å². The van der Waals surface area contributed by atoms with Crippen molar-refractivity contribution in [2.45, 2.75) is 19.3 Å². The fourth-order valence-electron chi connectivity index (χ4n) is 1.55. The van der Waals surface area contributed by atoms with Gasteiger partial charge in [0.1, 0.15) is 0 Å². The number of ether oxygens (including phenoxy) is 1. The number of nitrogens with zero attached hydrogens (tertiary/aromatic N) is 2. The highest BCUT2D eigenvalue weighted by Crippen LogP contribution is 2.47. The molecule has 1 aromatic rings. The molecule has 2 rings (SSSR count). The van der Waals surface area contributed by atoms with E-state index in [9.17, 15) is 4.79 Å². The Kier molecular flexibility index (Phi) is 2.53. The van der Waals surface area contributed by atoms with E-state index in [4.69, 9.17) is 9.84 Å². The van der Waals surface area contributed by atoms with Gasteiger partial charge in [0.25, 0.3) is 0 Å². The van der Waals surface area contributed by atoms with Gasteiger partial charge in [-0.2, -0.15) is 0 Å². The highest BCUT2D eigenvalue weighted by molar-refractivity contribution is 5.77. The molecular formula is C10H12N2O3. The largest absolute Gasteiger partial charge is 0.492 e. The monoisotopic (exact) mass is 208 g/mol. The van der Waals surface area contributed by atoms with Crippen molar-refractivity contribution in [3.05, 3.63) is 18.1 Å². The molecule has 80 valence electrons. The van der Waals surface area contributed by atoms with Gasteiger partial charge in [0, 0.05) is 5.92 Å². The second-order valence-electron chi connectivity index (χ2n) is 3.50. The van der Waals surface area contributed by atoms with Crippen LogP contribution in [0.4, 0.5) is 0 Å². The fraction of sp³-hybridized carbons (Fsp3) is 0.500. The van der Waals surface area contributed by atoms with E-state index in [1.165, 1.54) is 12.4 Å². The van der Waals surface area contributed by atoms with E-state index in [2.05, 4.69) is 9.97 Å². The van der Waals surface area contributed by atoms with E-state index in [1.807, 2.05) is 0 Å². The van der Waals surface area contributed by atoms with Crippen LogP contribution in [0.15, 0.2) is 12.4 Å². The number of hydrogen-bond acceptors (Lipinski definition) is 5. The summed E-state index contributed by atoms with van der Waals surface area (Å²) in [5.41, 5.74) is 0.742. The van der Waals surface area contributed by atoms with Crippen LogP contribution in [0.25, 0.3) is 0 Å². The Labute approximate surface area is 87.1 Å². The topological polar surface area (TPSA) is 72.3 Å². The number of aromatic nitrogens is 2. The Hall–Kier alpha value is -1.65. The summed E-state index contributed by atoms with van der Waals surface area (Å²) in [5.74, 6) is -0.245. The van der Waals surface area contributed by atoms with Crippen LogP contribution in [0.2, 0.25) is 0 Å². The summed E-state index contributed by atoms with van der Waals surface area (Å²) in [5, 5.41) is 8.95. The van der Waals surface area contributed by atoms with Gasteiger partial charge in [0.05, 0.1) is 30.6 Å². The molecule has 0 aromatic carbocycles. The van der Waals surface area contributed by atoms with Gasteiger partial charge in [-0.15, -0.1) is 0 Å². The molecular weight excluding hydrogens is 196 g/mol. The molecule has 1 heterocycles. The van der Waals surface area contributed by atoms with Gasteiger partial charge in [-0.3, -0.25) is 9.78 Å². The van der Waals surface area contributed by atoms with E-state index in [-0.39, 0.29) is 23.7 Å². The fourth-order valence-corrected chi connectivity index (χ4v) is 1.55. The van der Waals surface area contributed by atoms with Crippen molar-refractivity contribution in [2.24, 2.45) is 5.92 Å². The second-order valence-corrected chi connectivity index (χ2v) is 3.50. The first-order valence-corrected chi connectivity index (χ1v) is 4.90. The number of carbonyl (C=O) groups is 1. The Morgan fingerprint density at radius 3 is 3.00 bits per heavy atom. The van der Waals surface area contributed by atoms with Crippen molar-refractivity contribution < 1.29 is 14.6 Å². The Bertz CT molecular complexity index is 363. The minimum atomic E-state index is -0.169. The van der Waals surface area contributed by atoms with E-state index in [1.54, 1.807) is 6.92 Å². The number of esters is 1. The molecule has 2 unspecified atom stereocenters. The van der Waals surface area contributed by atoms with Crippen LogP contribution in [0.1, 0.15) is 25.0 Å². The van der Waals surface area contributed by atoms with Crippen molar-refractivity contribution in [2.75, 3.05) is 6.61 Å². The normalized spacial score (nSPS) is 23.5. The summed E-state index contributed by atoms with van der Waals surface area (Å²) in [6.45, 7) is 2.19. The summed E-state index contributed by atoms with van der Waals surface area (Å²) in [7, 11) is 0. The Morgan fingerprint density at radius 1 is 1.60 bits per heavy atom. The van der Waals surface area contributed by atoms with Crippen LogP contribution >= 0.6 is 0 Å². The molecule has 1 aliphatic rings. The van der Waals surface area contributed by atoms with Gasteiger partial charge in [-0.1, -0.05) is 0 Å². The lowest BCUT2D eigenvalue weighted by Crippen LogP contribution is -2.07. The molecule has 5 heteroatoms. The molecule has 0 saturated heterocycles. The molecule has 0 aliphatic heterocycles. The van der Waals surface area contributed by atoms with Crippen molar-refractivity contribution in [3.63, 3.8) is 0 Å². The number of rotatable bonds is 3. The van der Waals surface area contributed by atoms with Gasteiger partial charge < -0.3 is 9.84 Å². The van der Waals surface area contributed by atoms with E-state index in [0.717, 1.165) is 12.1 Å². The van der Waals surface area contributed by atoms with Crippen LogP contribution in [-0.4, -0.2) is 27.7 Å². The standard InChI is InChI=1S/C10H12N2O3/c1-2-15-10(14)7-3-6(7)8-4-12-9(13)5-11-8/h4-7H,2-3H2,1H3,(H,12,13). The zero-order valence-electron chi connectivity index (χ0n) is 8.38. The average molecular weight is 208 g/mol. The molecule has 1 N–H and O–H groups in total. The van der Waals surface area contributed by atoms with Gasteiger partial charge >= 0.3 is 5.97 Å². The third-order valence-corrected chi connectivity index (χ3v) is 2.42. The Balaban J connectivity index is 1.98. The van der Waals surface area contributed by atoms with Crippen LogP contribution in [-0.2, 0) is 9.53 Å². The summed E-state index contributed by atoms with van der Waals surface area (Å²) < 4.78 is 4.90. The van der Waals surface area contributed by atoms with Gasteiger partial charge in [-0.05, 0) is 13.3 Å². The first-order chi connectivity index (χ1) is 7.22. The number of hydrogen-bond donors (Lipinski definition) is 1. The molecule has 0 amide bonds. The minimum Gasteiger partial charge on any atom is -0.492 e. The molecule has 0 radical (unpaired) electrons. The second kappa shape index (κ2) is 3.84. The molecule has 2 atom stereocenters. The molecule has 0 spiro atoms. The van der Waals surface area contributed by atoms with E-state index in [0.29, 0.717) is 6.61 Å². The van der Waals surface area contributed by atoms with Crippen molar-refractivity contribution in [3.8, 4) is 5.88 Å². The summed E-state index contributed by atoms with van der Waals surface area (Å²) in [6, 6.07) is 0. The minimum absolute atomic E-state index is 0.0798. The molecule has 0 bridgehead atoms. The zero-order chi connectivity index (χ0) is 10.8. The first-order valence-electron chi connectivity index (χ1n) is 4.90. The maximum Gasteiger partial charge on any atom is 0.309 e. The predicted octanol–water partition coefficient (Wildman–Crippen LogP) is 0.849. The molecule has 1 fully saturated rings. The number of aromatic hydroxyl groups is 1. The highest BCUT2D eigenvalue weighted by atomic mass is 16.5. The molecule has 1 aliphatic carbocycles. The molecule has 15 heavy (non-hydrogen) atoms. The lowest BCUT2D eigenvalue weighted by Gasteiger charge is -2.00. The Morgan fingerprint density at radius 2 is 2.40 bits per heavy atom. The lowest BCUT2D eigenvalue weighted by molar-refractivity contribution is -0.144. The van der Waals surface area contributed by atoms with Gasteiger partial charge in [0.15, 0.2) is 0 Å². The third-order valence-electron chi connectivity index (χ3n) is 2.42. The zero-order valence-corrected chi connectivity index (χ0v) is 8.38. The maximum atomic E-state index is 11.3. The molecule has 1 saturated carbocycles. The molecule has 1 aromatic heterocycles. The van der Waals surface area contributed by atoms with Crippen LogP contribution in [0.3, 0.4) is 0 Å². The predicted molar refractivity (Wildman–Crippen MR) is 51.2 cm³/mol. The SMILES string of the molecule is CCOC(=O)C1CC1c1cnc(O)cn1. The van der Waals surface area contributed by atoms with Crippen LogP contribution in [0, 0.1) is 5.92 Å². The maximum absolute atomic E-state index is 11.3. The van der Waals surface area contributed by atoms with Crippen molar-refractivity contribution in [1.29, 1.82) is 0 Å². The molecule has 5 nitrogen and oxygen atoms in total. The summed E-state index contributed by atoms with van der Waals surface area (Å²) in [6.07, 6.45) is 3.55. The van der Waals surface area contributed by atoms with Crippen molar-refractivity contribution >= 4 is 5.97 Å².